The molecule has 2 aromatic carbocycles. The summed E-state index contributed by atoms with van der Waals surface area (Å²) in [4.78, 5) is 7.10. The van der Waals surface area contributed by atoms with Gasteiger partial charge in [0, 0.05) is 24.5 Å². The first kappa shape index (κ1) is 17.5. The second-order valence-corrected chi connectivity index (χ2v) is 7.81. The van der Waals surface area contributed by atoms with Crippen LogP contribution in [0.4, 0.5) is 11.4 Å². The average Bonchev–Trinajstić information content (AvgIpc) is 2.52. The normalized spacial score (nSPS) is 16.1. The van der Waals surface area contributed by atoms with E-state index in [9.17, 15) is 0 Å². The Labute approximate surface area is 151 Å². The fourth-order valence-corrected chi connectivity index (χ4v) is 3.55. The van der Waals surface area contributed by atoms with Gasteiger partial charge in [0.15, 0.2) is 0 Å². The quantitative estimate of drug-likeness (QED) is 0.616. The maximum Gasteiger partial charge on any atom is 0.0659 e. The summed E-state index contributed by atoms with van der Waals surface area (Å²) in [5.74, 6) is 0. The topological polar surface area (TPSA) is 15.6 Å². The molecule has 3 rings (SSSR count). The predicted octanol–water partition coefficient (Wildman–Crippen LogP) is 5.99. The Morgan fingerprint density at radius 3 is 2.36 bits per heavy atom. The summed E-state index contributed by atoms with van der Waals surface area (Å²) in [5, 5.41) is 0. The van der Waals surface area contributed by atoms with Gasteiger partial charge in [-0.05, 0) is 82.0 Å². The van der Waals surface area contributed by atoms with Crippen LogP contribution in [-0.2, 0) is 0 Å². The number of fused-ring (bicyclic) bond motifs is 1. The van der Waals surface area contributed by atoms with E-state index < -0.39 is 0 Å². The summed E-state index contributed by atoms with van der Waals surface area (Å²) in [7, 11) is 2.17. The summed E-state index contributed by atoms with van der Waals surface area (Å²) >= 11 is 0. The average molecular weight is 332 g/mol. The van der Waals surface area contributed by atoms with E-state index in [1.807, 2.05) is 6.21 Å². The van der Waals surface area contributed by atoms with Gasteiger partial charge < -0.3 is 4.90 Å². The lowest BCUT2D eigenvalue weighted by molar-refractivity contribution is 0.597. The molecule has 0 radical (unpaired) electrons. The zero-order valence-electron chi connectivity index (χ0n) is 16.4. The molecule has 0 atom stereocenters. The summed E-state index contributed by atoms with van der Waals surface area (Å²) < 4.78 is 0. The molecule has 2 heteroatoms. The summed E-state index contributed by atoms with van der Waals surface area (Å²) in [6.45, 7) is 13.1. The highest BCUT2D eigenvalue weighted by Gasteiger charge is 2.28. The van der Waals surface area contributed by atoms with Gasteiger partial charge in [0.1, 0.15) is 0 Å². The minimum Gasteiger partial charge on any atom is -0.365 e. The second-order valence-electron chi connectivity index (χ2n) is 7.81. The van der Waals surface area contributed by atoms with Crippen molar-refractivity contribution in [2.75, 3.05) is 11.9 Å². The van der Waals surface area contributed by atoms with Gasteiger partial charge in [0.2, 0.25) is 0 Å². The minimum absolute atomic E-state index is 0.0398. The predicted molar refractivity (Wildman–Crippen MR) is 110 cm³/mol. The molecule has 130 valence electrons. The first-order valence-corrected chi connectivity index (χ1v) is 8.88. The summed E-state index contributed by atoms with van der Waals surface area (Å²) in [5.41, 5.74) is 9.92. The molecule has 0 amide bonds. The molecule has 1 aliphatic heterocycles. The van der Waals surface area contributed by atoms with Gasteiger partial charge >= 0.3 is 0 Å². The molecule has 25 heavy (non-hydrogen) atoms. The number of aliphatic imine (C=N–C) groups is 1. The van der Waals surface area contributed by atoms with Crippen LogP contribution in [-0.4, -0.2) is 18.8 Å². The van der Waals surface area contributed by atoms with Gasteiger partial charge in [0.05, 0.1) is 11.2 Å². The molecule has 0 unspecified atom stereocenters. The van der Waals surface area contributed by atoms with Crippen LogP contribution < -0.4 is 4.90 Å². The third-order valence-electron chi connectivity index (χ3n) is 5.30. The van der Waals surface area contributed by atoms with Crippen LogP contribution in [0.15, 0.2) is 41.4 Å². The van der Waals surface area contributed by atoms with Crippen LogP contribution in [0.3, 0.4) is 0 Å². The number of benzene rings is 2. The van der Waals surface area contributed by atoms with Crippen molar-refractivity contribution >= 4 is 23.2 Å². The molecule has 0 aromatic heterocycles. The highest BCUT2D eigenvalue weighted by atomic mass is 15.2. The van der Waals surface area contributed by atoms with Crippen molar-refractivity contribution in [1.29, 1.82) is 0 Å². The van der Waals surface area contributed by atoms with Crippen LogP contribution in [0, 0.1) is 20.8 Å². The molecular weight excluding hydrogens is 304 g/mol. The number of allylic oxidation sites excluding steroid dienone is 1. The van der Waals surface area contributed by atoms with Gasteiger partial charge in [-0.15, -0.1) is 0 Å². The Morgan fingerprint density at radius 2 is 1.68 bits per heavy atom. The first-order chi connectivity index (χ1) is 11.7. The van der Waals surface area contributed by atoms with Gasteiger partial charge in [-0.3, -0.25) is 4.99 Å². The molecule has 1 aliphatic rings. The lowest BCUT2D eigenvalue weighted by Crippen LogP contribution is -2.42. The van der Waals surface area contributed by atoms with Gasteiger partial charge in [-0.2, -0.15) is 0 Å². The standard InChI is InChI=1S/C23H28N2/c1-15-8-9-21(17(3)10-15)24-14-19-12-20-18(4)13-23(5,6)25(7)22(20)11-16(19)2/h8-14H,1-7H3. The number of hydrogen-bond donors (Lipinski definition) is 0. The molecule has 0 N–H and O–H groups in total. The van der Waals surface area contributed by atoms with Crippen LogP contribution >= 0.6 is 0 Å². The van der Waals surface area contributed by atoms with Gasteiger partial charge in [-0.1, -0.05) is 23.8 Å². The number of nitrogens with zero attached hydrogens (tertiary/aromatic N) is 2. The first-order valence-electron chi connectivity index (χ1n) is 8.88. The summed E-state index contributed by atoms with van der Waals surface area (Å²) in [6, 6.07) is 10.9. The Morgan fingerprint density at radius 1 is 0.960 bits per heavy atom. The molecule has 0 saturated heterocycles. The zero-order valence-corrected chi connectivity index (χ0v) is 16.4. The van der Waals surface area contributed by atoms with Crippen molar-refractivity contribution in [3.8, 4) is 0 Å². The lowest BCUT2D eigenvalue weighted by Gasteiger charge is -2.41. The van der Waals surface area contributed by atoms with E-state index in [2.05, 4.69) is 89.9 Å². The third-order valence-corrected chi connectivity index (χ3v) is 5.30. The van der Waals surface area contributed by atoms with E-state index in [1.54, 1.807) is 0 Å². The molecule has 1 heterocycles. The molecule has 0 spiro atoms. The maximum atomic E-state index is 4.74. The van der Waals surface area contributed by atoms with Crippen molar-refractivity contribution in [1.82, 2.24) is 0 Å². The van der Waals surface area contributed by atoms with E-state index >= 15 is 0 Å². The SMILES string of the molecule is CC1=CC(C)(C)N(C)c2cc(C)c(C=Nc3ccc(C)cc3C)cc21. The molecule has 0 fully saturated rings. The van der Waals surface area contributed by atoms with Gasteiger partial charge in [-0.25, -0.2) is 0 Å². The van der Waals surface area contributed by atoms with Crippen molar-refractivity contribution < 1.29 is 0 Å². The van der Waals surface area contributed by atoms with Gasteiger partial charge in [0.25, 0.3) is 0 Å². The Balaban J connectivity index is 2.02. The maximum absolute atomic E-state index is 4.74. The van der Waals surface area contributed by atoms with E-state index in [0.717, 1.165) is 5.69 Å². The van der Waals surface area contributed by atoms with Crippen molar-refractivity contribution in [2.45, 2.75) is 47.1 Å². The van der Waals surface area contributed by atoms with Crippen molar-refractivity contribution in [3.05, 3.63) is 64.2 Å². The molecule has 2 aromatic rings. The second kappa shape index (κ2) is 6.18. The highest BCUT2D eigenvalue weighted by molar-refractivity contribution is 5.90. The lowest BCUT2D eigenvalue weighted by atomic mass is 9.87. The van der Waals surface area contributed by atoms with Crippen LogP contribution in [0.2, 0.25) is 0 Å². The molecular formula is C23H28N2. The number of rotatable bonds is 2. The monoisotopic (exact) mass is 332 g/mol. The molecule has 0 saturated carbocycles. The van der Waals surface area contributed by atoms with E-state index in [0.29, 0.717) is 0 Å². The zero-order chi connectivity index (χ0) is 18.4. The number of aryl methyl sites for hydroxylation is 3. The van der Waals surface area contributed by atoms with Crippen LogP contribution in [0.1, 0.15) is 48.6 Å². The van der Waals surface area contributed by atoms with Crippen LogP contribution in [0.25, 0.3) is 5.57 Å². The van der Waals surface area contributed by atoms with E-state index in [1.165, 1.54) is 39.1 Å². The third kappa shape index (κ3) is 3.26. The van der Waals surface area contributed by atoms with Crippen molar-refractivity contribution in [3.63, 3.8) is 0 Å². The number of hydrogen-bond acceptors (Lipinski definition) is 2. The minimum atomic E-state index is 0.0398. The van der Waals surface area contributed by atoms with E-state index in [4.69, 9.17) is 4.99 Å². The largest absolute Gasteiger partial charge is 0.365 e. The fourth-order valence-electron chi connectivity index (χ4n) is 3.55. The number of likely N-dealkylation sites (N-methyl/N-ethyl adjacent to an activating group) is 1. The van der Waals surface area contributed by atoms with Crippen LogP contribution in [0.5, 0.6) is 0 Å². The number of anilines is 1. The molecule has 2 nitrogen and oxygen atoms in total. The Kier molecular flexibility index (Phi) is 4.32. The molecule has 0 aliphatic carbocycles. The molecule has 0 bridgehead atoms. The Bertz CT molecular complexity index is 885. The fraction of sp³-hybridized carbons (Fsp3) is 0.348. The Hall–Kier alpha value is -2.35. The summed E-state index contributed by atoms with van der Waals surface area (Å²) in [6.07, 6.45) is 4.34. The van der Waals surface area contributed by atoms with Crippen molar-refractivity contribution in [2.24, 2.45) is 4.99 Å². The highest BCUT2D eigenvalue weighted by Crippen LogP contribution is 2.39. The smallest absolute Gasteiger partial charge is 0.0659 e. The van der Waals surface area contributed by atoms with E-state index in [-0.39, 0.29) is 5.54 Å².